The number of carbonyl (C=O) groups is 1. The van der Waals surface area contributed by atoms with Crippen LogP contribution in [0.25, 0.3) is 5.65 Å². The maximum Gasteiger partial charge on any atom is 0.311 e. The van der Waals surface area contributed by atoms with Crippen LogP contribution >= 0.6 is 0 Å². The van der Waals surface area contributed by atoms with Crippen molar-refractivity contribution < 1.29 is 14.3 Å². The Morgan fingerprint density at radius 3 is 2.69 bits per heavy atom. The number of nitrogens with zero attached hydrogens (tertiary/aromatic N) is 5. The van der Waals surface area contributed by atoms with E-state index in [1.807, 2.05) is 26.8 Å². The van der Waals surface area contributed by atoms with Crippen molar-refractivity contribution >= 4 is 11.6 Å². The van der Waals surface area contributed by atoms with Crippen LogP contribution in [0, 0.1) is 36.5 Å². The van der Waals surface area contributed by atoms with Crippen molar-refractivity contribution in [2.24, 2.45) is 0 Å². The van der Waals surface area contributed by atoms with Crippen molar-refractivity contribution in [3.8, 4) is 23.6 Å². The van der Waals surface area contributed by atoms with Crippen LogP contribution in [-0.4, -0.2) is 27.2 Å². The van der Waals surface area contributed by atoms with Crippen molar-refractivity contribution in [1.82, 2.24) is 14.6 Å². The van der Waals surface area contributed by atoms with Gasteiger partial charge in [-0.05, 0) is 44.9 Å². The number of esters is 1. The molecule has 0 N–H and O–H groups in total. The third kappa shape index (κ3) is 4.02. The molecule has 146 valence electrons. The number of fused-ring (bicyclic) bond motifs is 1. The molecule has 8 heteroatoms. The van der Waals surface area contributed by atoms with Gasteiger partial charge >= 0.3 is 5.97 Å². The average Bonchev–Trinajstić information content (AvgIpc) is 3.12. The van der Waals surface area contributed by atoms with Crippen molar-refractivity contribution in [2.45, 2.75) is 33.6 Å². The summed E-state index contributed by atoms with van der Waals surface area (Å²) in [6.45, 7) is 5.92. The van der Waals surface area contributed by atoms with Gasteiger partial charge in [0.05, 0.1) is 30.9 Å². The van der Waals surface area contributed by atoms with Crippen LogP contribution in [-0.2, 0) is 11.2 Å². The van der Waals surface area contributed by atoms with Crippen LogP contribution < -0.4 is 9.47 Å². The molecule has 2 aromatic heterocycles. The van der Waals surface area contributed by atoms with Crippen LogP contribution in [0.2, 0.25) is 0 Å². The molecule has 8 nitrogen and oxygen atoms in total. The second kappa shape index (κ2) is 8.41. The van der Waals surface area contributed by atoms with E-state index in [-0.39, 0.29) is 12.2 Å². The predicted octanol–water partition coefficient (Wildman–Crippen LogP) is 3.03. The number of aromatic nitrogens is 3. The Morgan fingerprint density at radius 2 is 2.00 bits per heavy atom. The summed E-state index contributed by atoms with van der Waals surface area (Å²) >= 11 is 0. The monoisotopic (exact) mass is 389 g/mol. The molecule has 0 aliphatic heterocycles. The summed E-state index contributed by atoms with van der Waals surface area (Å²) in [5, 5.41) is 22.4. The Morgan fingerprint density at radius 1 is 1.21 bits per heavy atom. The topological polar surface area (TPSA) is 113 Å². The zero-order valence-corrected chi connectivity index (χ0v) is 16.4. The van der Waals surface area contributed by atoms with Crippen LogP contribution in [0.5, 0.6) is 11.5 Å². The van der Waals surface area contributed by atoms with Crippen LogP contribution in [0.3, 0.4) is 0 Å². The Bertz CT molecular complexity index is 1170. The van der Waals surface area contributed by atoms with Gasteiger partial charge in [0.2, 0.25) is 0 Å². The van der Waals surface area contributed by atoms with Gasteiger partial charge in [0.25, 0.3) is 0 Å². The van der Waals surface area contributed by atoms with E-state index in [2.05, 4.69) is 16.2 Å². The number of benzene rings is 1. The van der Waals surface area contributed by atoms with E-state index in [1.54, 1.807) is 22.7 Å². The highest BCUT2D eigenvalue weighted by Gasteiger charge is 2.16. The third-order valence-electron chi connectivity index (χ3n) is 4.50. The highest BCUT2D eigenvalue weighted by molar-refractivity contribution is 5.74. The number of hydrogen-bond donors (Lipinski definition) is 0. The van der Waals surface area contributed by atoms with Gasteiger partial charge < -0.3 is 9.47 Å². The minimum absolute atomic E-state index is 0.132. The van der Waals surface area contributed by atoms with Crippen LogP contribution in [0.1, 0.15) is 41.4 Å². The van der Waals surface area contributed by atoms with Gasteiger partial charge in [-0.15, -0.1) is 0 Å². The first-order valence-electron chi connectivity index (χ1n) is 9.10. The highest BCUT2D eigenvalue weighted by atomic mass is 16.6. The van der Waals surface area contributed by atoms with Gasteiger partial charge in [-0.1, -0.05) is 0 Å². The van der Waals surface area contributed by atoms with Gasteiger partial charge in [0.15, 0.2) is 17.1 Å². The Hall–Kier alpha value is -3.91. The number of ether oxygens (including phenoxy) is 2. The van der Waals surface area contributed by atoms with Crippen molar-refractivity contribution in [1.29, 1.82) is 10.5 Å². The normalized spacial score (nSPS) is 10.4. The predicted molar refractivity (Wildman–Crippen MR) is 103 cm³/mol. The lowest BCUT2D eigenvalue weighted by Gasteiger charge is -2.12. The molecule has 3 rings (SSSR count). The Kier molecular flexibility index (Phi) is 5.75. The first-order chi connectivity index (χ1) is 14.0. The number of hydrogen-bond acceptors (Lipinski definition) is 7. The summed E-state index contributed by atoms with van der Waals surface area (Å²) in [6, 6.07) is 8.77. The second-order valence-corrected chi connectivity index (χ2v) is 6.35. The lowest BCUT2D eigenvalue weighted by molar-refractivity contribution is -0.134. The molecule has 0 unspecified atom stereocenters. The molecule has 0 saturated carbocycles. The molecule has 0 saturated heterocycles. The van der Waals surface area contributed by atoms with E-state index in [0.717, 1.165) is 17.0 Å². The van der Waals surface area contributed by atoms with Gasteiger partial charge in [-0.25, -0.2) is 9.50 Å². The highest BCUT2D eigenvalue weighted by Crippen LogP contribution is 2.29. The fourth-order valence-electron chi connectivity index (χ4n) is 3.08. The van der Waals surface area contributed by atoms with Crippen molar-refractivity contribution in [3.63, 3.8) is 0 Å². The zero-order chi connectivity index (χ0) is 21.0. The average molecular weight is 389 g/mol. The SMILES string of the molecule is CCOc1cc(C#N)ccc1OC(=O)CCc1c(C)nc2c(C#N)cnn2c1C. The Balaban J connectivity index is 1.77. The van der Waals surface area contributed by atoms with Gasteiger partial charge in [-0.2, -0.15) is 15.6 Å². The smallest absolute Gasteiger partial charge is 0.311 e. The van der Waals surface area contributed by atoms with E-state index in [0.29, 0.717) is 35.6 Å². The van der Waals surface area contributed by atoms with Crippen molar-refractivity contribution in [3.05, 3.63) is 52.5 Å². The van der Waals surface area contributed by atoms with E-state index < -0.39 is 5.97 Å². The summed E-state index contributed by atoms with van der Waals surface area (Å²) in [6.07, 6.45) is 2.03. The van der Waals surface area contributed by atoms with Gasteiger partial charge in [-0.3, -0.25) is 4.79 Å². The molecule has 0 radical (unpaired) electrons. The number of rotatable bonds is 6. The van der Waals surface area contributed by atoms with E-state index in [9.17, 15) is 4.79 Å². The first kappa shape index (κ1) is 19.8. The maximum atomic E-state index is 12.4. The molecule has 0 aliphatic rings. The van der Waals surface area contributed by atoms with Crippen LogP contribution in [0.15, 0.2) is 24.4 Å². The summed E-state index contributed by atoms with van der Waals surface area (Å²) < 4.78 is 12.5. The maximum absolute atomic E-state index is 12.4. The van der Waals surface area contributed by atoms with Crippen molar-refractivity contribution in [2.75, 3.05) is 6.61 Å². The Labute approximate surface area is 167 Å². The number of carbonyl (C=O) groups excluding carboxylic acids is 1. The molecular weight excluding hydrogens is 370 g/mol. The van der Waals surface area contributed by atoms with Crippen LogP contribution in [0.4, 0.5) is 0 Å². The summed E-state index contributed by atoms with van der Waals surface area (Å²) in [4.78, 5) is 16.9. The summed E-state index contributed by atoms with van der Waals surface area (Å²) in [5.41, 5.74) is 3.80. The molecule has 3 aromatic rings. The lowest BCUT2D eigenvalue weighted by atomic mass is 10.1. The van der Waals surface area contributed by atoms with Gasteiger partial charge in [0.1, 0.15) is 11.6 Å². The fourth-order valence-corrected chi connectivity index (χ4v) is 3.08. The van der Waals surface area contributed by atoms with E-state index in [4.69, 9.17) is 20.0 Å². The molecular formula is C21H19N5O3. The summed E-state index contributed by atoms with van der Waals surface area (Å²) in [5.74, 6) is 0.215. The number of aryl methyl sites for hydroxylation is 2. The molecule has 0 amide bonds. The summed E-state index contributed by atoms with van der Waals surface area (Å²) in [7, 11) is 0. The molecule has 0 bridgehead atoms. The number of nitriles is 2. The molecule has 0 atom stereocenters. The van der Waals surface area contributed by atoms with Gasteiger partial charge in [0, 0.05) is 17.5 Å². The molecule has 0 fully saturated rings. The fraction of sp³-hybridized carbons (Fsp3) is 0.286. The molecule has 1 aromatic carbocycles. The largest absolute Gasteiger partial charge is 0.490 e. The lowest BCUT2D eigenvalue weighted by Crippen LogP contribution is -2.13. The minimum atomic E-state index is -0.423. The van der Waals surface area contributed by atoms with E-state index in [1.165, 1.54) is 6.20 Å². The zero-order valence-electron chi connectivity index (χ0n) is 16.4. The third-order valence-corrected chi connectivity index (χ3v) is 4.50. The molecule has 0 spiro atoms. The standard InChI is InChI=1S/C21H19N5O3/c1-4-28-19-9-15(10-22)5-7-18(19)29-20(27)8-6-17-13(2)25-21-16(11-23)12-24-26(21)14(17)3/h5,7,9,12H,4,6,8H2,1-3H3. The minimum Gasteiger partial charge on any atom is -0.490 e. The molecule has 29 heavy (non-hydrogen) atoms. The first-order valence-corrected chi connectivity index (χ1v) is 9.10. The molecule has 2 heterocycles. The second-order valence-electron chi connectivity index (χ2n) is 6.35. The molecule has 0 aliphatic carbocycles. The van der Waals surface area contributed by atoms with E-state index >= 15 is 0 Å². The quantitative estimate of drug-likeness (QED) is 0.470.